The van der Waals surface area contributed by atoms with Crippen molar-refractivity contribution in [3.63, 3.8) is 0 Å². The van der Waals surface area contributed by atoms with Gasteiger partial charge in [-0.3, -0.25) is 0 Å². The fourth-order valence-electron chi connectivity index (χ4n) is 0.482. The second-order valence-electron chi connectivity index (χ2n) is 1.53. The van der Waals surface area contributed by atoms with E-state index in [1.807, 2.05) is 12.2 Å². The SMILES string of the molecule is C=C/C=C(\C=C)CC. The van der Waals surface area contributed by atoms with Crippen LogP contribution in [0.25, 0.3) is 0 Å². The molecule has 0 amide bonds. The number of rotatable bonds is 3. The standard InChI is InChI=1S/C8H12/c1-4-7-8(5-2)6-3/h4-5,7H,1-2,6H2,3H3/b8-7+. The van der Waals surface area contributed by atoms with E-state index in [-0.39, 0.29) is 0 Å². The van der Waals surface area contributed by atoms with Gasteiger partial charge >= 0.3 is 0 Å². The molecule has 0 aliphatic rings. The Hall–Kier alpha value is -0.780. The summed E-state index contributed by atoms with van der Waals surface area (Å²) in [7, 11) is 0. The summed E-state index contributed by atoms with van der Waals surface area (Å²) in [5.41, 5.74) is 1.24. The molecular formula is C8H12. The Balaban J connectivity index is 3.84. The molecular weight excluding hydrogens is 96.1 g/mol. The fraction of sp³-hybridized carbons (Fsp3) is 0.250. The predicted molar refractivity (Wildman–Crippen MR) is 38.8 cm³/mol. The van der Waals surface area contributed by atoms with Crippen molar-refractivity contribution in [2.45, 2.75) is 13.3 Å². The zero-order chi connectivity index (χ0) is 6.41. The highest BCUT2D eigenvalue weighted by atomic mass is 13.8. The predicted octanol–water partition coefficient (Wildman–Crippen LogP) is 2.69. The molecule has 0 aliphatic carbocycles. The van der Waals surface area contributed by atoms with E-state index in [1.165, 1.54) is 5.57 Å². The Morgan fingerprint density at radius 3 is 2.25 bits per heavy atom. The third-order valence-electron chi connectivity index (χ3n) is 1.00. The zero-order valence-electron chi connectivity index (χ0n) is 5.35. The molecule has 0 atom stereocenters. The van der Waals surface area contributed by atoms with Crippen molar-refractivity contribution < 1.29 is 0 Å². The first-order chi connectivity index (χ1) is 3.85. The van der Waals surface area contributed by atoms with Crippen molar-refractivity contribution in [2.75, 3.05) is 0 Å². The zero-order valence-corrected chi connectivity index (χ0v) is 5.35. The van der Waals surface area contributed by atoms with Gasteiger partial charge in [0.05, 0.1) is 0 Å². The van der Waals surface area contributed by atoms with Crippen LogP contribution in [0.5, 0.6) is 0 Å². The van der Waals surface area contributed by atoms with E-state index >= 15 is 0 Å². The van der Waals surface area contributed by atoms with Crippen LogP contribution >= 0.6 is 0 Å². The van der Waals surface area contributed by atoms with Gasteiger partial charge in [-0.1, -0.05) is 38.3 Å². The van der Waals surface area contributed by atoms with Crippen molar-refractivity contribution in [2.24, 2.45) is 0 Å². The van der Waals surface area contributed by atoms with Gasteiger partial charge in [-0.2, -0.15) is 0 Å². The quantitative estimate of drug-likeness (QED) is 0.487. The first-order valence-corrected chi connectivity index (χ1v) is 2.79. The van der Waals surface area contributed by atoms with E-state index in [1.54, 1.807) is 6.08 Å². The lowest BCUT2D eigenvalue weighted by atomic mass is 10.2. The summed E-state index contributed by atoms with van der Waals surface area (Å²) >= 11 is 0. The van der Waals surface area contributed by atoms with Gasteiger partial charge < -0.3 is 0 Å². The normalized spacial score (nSPS) is 10.9. The molecule has 0 bridgehead atoms. The minimum Gasteiger partial charge on any atom is -0.0991 e. The second-order valence-corrected chi connectivity index (χ2v) is 1.53. The number of hydrogen-bond acceptors (Lipinski definition) is 0. The van der Waals surface area contributed by atoms with E-state index in [2.05, 4.69) is 20.1 Å². The smallest absolute Gasteiger partial charge is 0.0308 e. The van der Waals surface area contributed by atoms with Gasteiger partial charge in [0.1, 0.15) is 0 Å². The maximum Gasteiger partial charge on any atom is -0.0308 e. The lowest BCUT2D eigenvalue weighted by molar-refractivity contribution is 1.15. The Morgan fingerprint density at radius 2 is 2.12 bits per heavy atom. The molecule has 0 heteroatoms. The molecule has 0 unspecified atom stereocenters. The molecule has 0 N–H and O–H groups in total. The average Bonchev–Trinajstić information content (AvgIpc) is 1.83. The van der Waals surface area contributed by atoms with E-state index in [4.69, 9.17) is 0 Å². The second kappa shape index (κ2) is 4.38. The molecule has 8 heavy (non-hydrogen) atoms. The average molecular weight is 108 g/mol. The highest BCUT2D eigenvalue weighted by Gasteiger charge is 1.79. The largest absolute Gasteiger partial charge is 0.0991 e. The van der Waals surface area contributed by atoms with Crippen LogP contribution in [0.2, 0.25) is 0 Å². The van der Waals surface area contributed by atoms with Gasteiger partial charge in [-0.05, 0) is 12.0 Å². The summed E-state index contributed by atoms with van der Waals surface area (Å²) < 4.78 is 0. The van der Waals surface area contributed by atoms with Gasteiger partial charge in [0, 0.05) is 0 Å². The minimum atomic E-state index is 1.04. The molecule has 0 fully saturated rings. The van der Waals surface area contributed by atoms with Crippen LogP contribution < -0.4 is 0 Å². The fourth-order valence-corrected chi connectivity index (χ4v) is 0.482. The molecule has 0 saturated carbocycles. The highest BCUT2D eigenvalue weighted by Crippen LogP contribution is 1.99. The van der Waals surface area contributed by atoms with E-state index in [0.29, 0.717) is 0 Å². The van der Waals surface area contributed by atoms with Crippen molar-refractivity contribution >= 4 is 0 Å². The van der Waals surface area contributed by atoms with Gasteiger partial charge in [-0.15, -0.1) is 0 Å². The topological polar surface area (TPSA) is 0 Å². The molecule has 0 nitrogen and oxygen atoms in total. The number of allylic oxidation sites excluding steroid dienone is 4. The summed E-state index contributed by atoms with van der Waals surface area (Å²) in [5.74, 6) is 0. The van der Waals surface area contributed by atoms with Gasteiger partial charge in [-0.25, -0.2) is 0 Å². The Labute approximate surface area is 51.2 Å². The molecule has 0 aromatic heterocycles. The van der Waals surface area contributed by atoms with Gasteiger partial charge in [0.25, 0.3) is 0 Å². The molecule has 0 aromatic carbocycles. The number of hydrogen-bond donors (Lipinski definition) is 0. The van der Waals surface area contributed by atoms with E-state index in [9.17, 15) is 0 Å². The monoisotopic (exact) mass is 108 g/mol. The first-order valence-electron chi connectivity index (χ1n) is 2.79. The maximum absolute atomic E-state index is 3.63. The molecule has 0 spiro atoms. The minimum absolute atomic E-state index is 1.04. The van der Waals surface area contributed by atoms with E-state index in [0.717, 1.165) is 6.42 Å². The molecule has 0 saturated heterocycles. The Morgan fingerprint density at radius 1 is 1.50 bits per heavy atom. The van der Waals surface area contributed by atoms with Crippen molar-refractivity contribution in [1.82, 2.24) is 0 Å². The van der Waals surface area contributed by atoms with Gasteiger partial charge in [0.2, 0.25) is 0 Å². The Kier molecular flexibility index (Phi) is 3.95. The third-order valence-corrected chi connectivity index (χ3v) is 1.00. The summed E-state index contributed by atoms with van der Waals surface area (Å²) in [4.78, 5) is 0. The summed E-state index contributed by atoms with van der Waals surface area (Å²) in [6, 6.07) is 0. The van der Waals surface area contributed by atoms with Crippen LogP contribution in [0.15, 0.2) is 37.0 Å². The lowest BCUT2D eigenvalue weighted by Crippen LogP contribution is -1.68. The van der Waals surface area contributed by atoms with Crippen LogP contribution in [0.1, 0.15) is 13.3 Å². The summed E-state index contributed by atoms with van der Waals surface area (Å²) in [6.45, 7) is 9.30. The summed E-state index contributed by atoms with van der Waals surface area (Å²) in [5, 5.41) is 0. The summed E-state index contributed by atoms with van der Waals surface area (Å²) in [6.07, 6.45) is 6.63. The van der Waals surface area contributed by atoms with Crippen LogP contribution in [0.4, 0.5) is 0 Å². The van der Waals surface area contributed by atoms with Gasteiger partial charge in [0.15, 0.2) is 0 Å². The molecule has 0 radical (unpaired) electrons. The van der Waals surface area contributed by atoms with Crippen LogP contribution in [0.3, 0.4) is 0 Å². The van der Waals surface area contributed by atoms with E-state index < -0.39 is 0 Å². The molecule has 0 aromatic rings. The van der Waals surface area contributed by atoms with Crippen LogP contribution in [0, 0.1) is 0 Å². The van der Waals surface area contributed by atoms with Crippen LogP contribution in [-0.4, -0.2) is 0 Å². The molecule has 0 aliphatic heterocycles. The van der Waals surface area contributed by atoms with Crippen LogP contribution in [-0.2, 0) is 0 Å². The van der Waals surface area contributed by atoms with Crippen molar-refractivity contribution in [3.8, 4) is 0 Å². The van der Waals surface area contributed by atoms with Crippen molar-refractivity contribution in [1.29, 1.82) is 0 Å². The van der Waals surface area contributed by atoms with Crippen molar-refractivity contribution in [3.05, 3.63) is 37.0 Å². The molecule has 0 heterocycles. The lowest BCUT2D eigenvalue weighted by Gasteiger charge is -1.89. The maximum atomic E-state index is 3.63. The third kappa shape index (κ3) is 2.40. The Bertz CT molecular complexity index is 107. The highest BCUT2D eigenvalue weighted by molar-refractivity contribution is 5.20. The molecule has 0 rings (SSSR count). The molecule has 44 valence electrons. The first kappa shape index (κ1) is 7.22.